The van der Waals surface area contributed by atoms with Crippen LogP contribution in [0, 0.1) is 5.92 Å². The van der Waals surface area contributed by atoms with Crippen LogP contribution in [0.25, 0.3) is 0 Å². The van der Waals surface area contributed by atoms with E-state index in [0.717, 1.165) is 23.7 Å². The van der Waals surface area contributed by atoms with E-state index < -0.39 is 0 Å². The van der Waals surface area contributed by atoms with Gasteiger partial charge in [0.2, 0.25) is 5.91 Å². The molecule has 1 aliphatic carbocycles. The van der Waals surface area contributed by atoms with E-state index in [-0.39, 0.29) is 11.3 Å². The highest BCUT2D eigenvalue weighted by Gasteiger charge is 2.20. The van der Waals surface area contributed by atoms with Gasteiger partial charge in [0, 0.05) is 11.5 Å². The summed E-state index contributed by atoms with van der Waals surface area (Å²) in [7, 11) is 0. The highest BCUT2D eigenvalue weighted by Crippen LogP contribution is 2.27. The molecule has 2 aromatic rings. The maximum atomic E-state index is 12.2. The van der Waals surface area contributed by atoms with Crippen molar-refractivity contribution in [2.24, 2.45) is 5.92 Å². The third-order valence-electron chi connectivity index (χ3n) is 4.52. The second-order valence-electron chi connectivity index (χ2n) is 7.80. The Bertz CT molecular complexity index is 709. The molecule has 5 heteroatoms. The van der Waals surface area contributed by atoms with Crippen molar-refractivity contribution in [3.8, 4) is 5.75 Å². The number of carbonyl (C=O) groups is 1. The molecule has 0 unspecified atom stereocenters. The van der Waals surface area contributed by atoms with Crippen LogP contribution in [0.5, 0.6) is 5.75 Å². The molecule has 0 atom stereocenters. The third-order valence-corrected chi connectivity index (χ3v) is 4.52. The molecule has 0 aliphatic heterocycles. The number of nitrogens with one attached hydrogen (secondary N) is 1. The van der Waals surface area contributed by atoms with Crippen LogP contribution in [-0.4, -0.2) is 17.7 Å². The largest absolute Gasteiger partial charge is 0.493 e. The van der Waals surface area contributed by atoms with Crippen molar-refractivity contribution >= 4 is 11.7 Å². The molecular formula is C20H26N2O3. The number of rotatable bonds is 6. The van der Waals surface area contributed by atoms with Crippen LogP contribution in [0.4, 0.5) is 5.82 Å². The SMILES string of the molecule is CC(C)(C)c1cc(NC(=O)Cc2ccc(OCC3CCC3)cc2)no1. The first-order chi connectivity index (χ1) is 11.9. The van der Waals surface area contributed by atoms with E-state index in [1.165, 1.54) is 19.3 Å². The molecule has 134 valence electrons. The van der Waals surface area contributed by atoms with Crippen LogP contribution < -0.4 is 10.1 Å². The van der Waals surface area contributed by atoms with E-state index in [1.54, 1.807) is 6.07 Å². The molecular weight excluding hydrogens is 316 g/mol. The molecule has 0 spiro atoms. The Morgan fingerprint density at radius 2 is 2.00 bits per heavy atom. The summed E-state index contributed by atoms with van der Waals surface area (Å²) in [6.45, 7) is 6.90. The van der Waals surface area contributed by atoms with Crippen molar-refractivity contribution in [2.45, 2.75) is 51.9 Å². The van der Waals surface area contributed by atoms with Gasteiger partial charge in [0.1, 0.15) is 11.5 Å². The second kappa shape index (κ2) is 7.30. The monoisotopic (exact) mass is 342 g/mol. The van der Waals surface area contributed by atoms with Crippen LogP contribution >= 0.6 is 0 Å². The first-order valence-corrected chi connectivity index (χ1v) is 8.89. The standard InChI is InChI=1S/C20H26N2O3/c1-20(2,3)17-12-18(22-25-17)21-19(23)11-14-7-9-16(10-8-14)24-13-15-5-4-6-15/h7-10,12,15H,4-6,11,13H2,1-3H3,(H,21,22,23). The van der Waals surface area contributed by atoms with Crippen LogP contribution in [0.2, 0.25) is 0 Å². The fraction of sp³-hybridized carbons (Fsp3) is 0.500. The minimum Gasteiger partial charge on any atom is -0.493 e. The molecule has 1 fully saturated rings. The van der Waals surface area contributed by atoms with Gasteiger partial charge in [-0.1, -0.05) is 44.5 Å². The normalized spacial score (nSPS) is 14.8. The molecule has 1 heterocycles. The summed E-state index contributed by atoms with van der Waals surface area (Å²) >= 11 is 0. The van der Waals surface area contributed by atoms with Gasteiger partial charge in [0.05, 0.1) is 13.0 Å². The molecule has 25 heavy (non-hydrogen) atoms. The van der Waals surface area contributed by atoms with E-state index in [1.807, 2.05) is 45.0 Å². The molecule has 1 N–H and O–H groups in total. The van der Waals surface area contributed by atoms with Gasteiger partial charge in [-0.05, 0) is 36.5 Å². The Kier molecular flexibility index (Phi) is 5.11. The van der Waals surface area contributed by atoms with Gasteiger partial charge in [-0.3, -0.25) is 4.79 Å². The van der Waals surface area contributed by atoms with E-state index in [4.69, 9.17) is 9.26 Å². The summed E-state index contributed by atoms with van der Waals surface area (Å²) in [5.41, 5.74) is 0.804. The number of benzene rings is 1. The number of ether oxygens (including phenoxy) is 1. The van der Waals surface area contributed by atoms with E-state index >= 15 is 0 Å². The molecule has 5 nitrogen and oxygen atoms in total. The van der Waals surface area contributed by atoms with Crippen molar-refractivity contribution in [3.63, 3.8) is 0 Å². The van der Waals surface area contributed by atoms with Gasteiger partial charge < -0.3 is 14.6 Å². The van der Waals surface area contributed by atoms with Gasteiger partial charge in [-0.2, -0.15) is 0 Å². The zero-order chi connectivity index (χ0) is 17.9. The van der Waals surface area contributed by atoms with Crippen molar-refractivity contribution in [3.05, 3.63) is 41.7 Å². The Hall–Kier alpha value is -2.30. The van der Waals surface area contributed by atoms with E-state index in [0.29, 0.717) is 18.2 Å². The first kappa shape index (κ1) is 17.5. The fourth-order valence-electron chi connectivity index (χ4n) is 2.64. The number of hydrogen-bond acceptors (Lipinski definition) is 4. The maximum Gasteiger partial charge on any atom is 0.230 e. The Balaban J connectivity index is 1.49. The summed E-state index contributed by atoms with van der Waals surface area (Å²) in [4.78, 5) is 12.2. The summed E-state index contributed by atoms with van der Waals surface area (Å²) in [5.74, 6) is 2.66. The number of nitrogens with zero attached hydrogens (tertiary/aromatic N) is 1. The molecule has 0 radical (unpaired) electrons. The second-order valence-corrected chi connectivity index (χ2v) is 7.80. The lowest BCUT2D eigenvalue weighted by Gasteiger charge is -2.25. The minimum atomic E-state index is -0.134. The average Bonchev–Trinajstić information content (AvgIpc) is 2.96. The zero-order valence-corrected chi connectivity index (χ0v) is 15.2. The lowest BCUT2D eigenvalue weighted by atomic mass is 9.86. The van der Waals surface area contributed by atoms with Crippen molar-refractivity contribution in [2.75, 3.05) is 11.9 Å². The molecule has 3 rings (SSSR count). The topological polar surface area (TPSA) is 64.4 Å². The highest BCUT2D eigenvalue weighted by atomic mass is 16.5. The molecule has 1 saturated carbocycles. The number of anilines is 1. The number of aromatic nitrogens is 1. The van der Waals surface area contributed by atoms with Crippen LogP contribution in [0.3, 0.4) is 0 Å². The van der Waals surface area contributed by atoms with Gasteiger partial charge in [-0.25, -0.2) is 0 Å². The first-order valence-electron chi connectivity index (χ1n) is 8.89. The number of hydrogen-bond donors (Lipinski definition) is 1. The molecule has 1 aromatic carbocycles. The Morgan fingerprint density at radius 1 is 1.28 bits per heavy atom. The predicted octanol–water partition coefficient (Wildman–Crippen LogP) is 4.33. The van der Waals surface area contributed by atoms with E-state index in [9.17, 15) is 4.79 Å². The van der Waals surface area contributed by atoms with Crippen molar-refractivity contribution in [1.82, 2.24) is 5.16 Å². The Labute approximate surface area is 148 Å². The van der Waals surface area contributed by atoms with Crippen LogP contribution in [0.15, 0.2) is 34.9 Å². The van der Waals surface area contributed by atoms with Crippen LogP contribution in [0.1, 0.15) is 51.4 Å². The van der Waals surface area contributed by atoms with Crippen LogP contribution in [-0.2, 0) is 16.6 Å². The predicted molar refractivity (Wildman–Crippen MR) is 96.8 cm³/mol. The Morgan fingerprint density at radius 3 is 2.56 bits per heavy atom. The van der Waals surface area contributed by atoms with E-state index in [2.05, 4.69) is 10.5 Å². The number of amides is 1. The summed E-state index contributed by atoms with van der Waals surface area (Å²) in [6.07, 6.45) is 4.17. The molecule has 1 amide bonds. The average molecular weight is 342 g/mol. The molecule has 0 saturated heterocycles. The highest BCUT2D eigenvalue weighted by molar-refractivity contribution is 5.91. The number of carbonyl (C=O) groups excluding carboxylic acids is 1. The lowest BCUT2D eigenvalue weighted by Crippen LogP contribution is -2.19. The van der Waals surface area contributed by atoms with Crippen molar-refractivity contribution in [1.29, 1.82) is 0 Å². The van der Waals surface area contributed by atoms with Gasteiger partial charge in [-0.15, -0.1) is 0 Å². The van der Waals surface area contributed by atoms with Gasteiger partial charge in [0.25, 0.3) is 0 Å². The zero-order valence-electron chi connectivity index (χ0n) is 15.2. The quantitative estimate of drug-likeness (QED) is 0.848. The maximum absolute atomic E-state index is 12.2. The summed E-state index contributed by atoms with van der Waals surface area (Å²) in [6, 6.07) is 9.48. The fourth-order valence-corrected chi connectivity index (χ4v) is 2.64. The third kappa shape index (κ3) is 4.84. The smallest absolute Gasteiger partial charge is 0.230 e. The van der Waals surface area contributed by atoms with Gasteiger partial charge in [0.15, 0.2) is 5.82 Å². The molecule has 0 bridgehead atoms. The summed E-state index contributed by atoms with van der Waals surface area (Å²) < 4.78 is 11.1. The molecule has 1 aromatic heterocycles. The minimum absolute atomic E-state index is 0.114. The molecule has 1 aliphatic rings. The lowest BCUT2D eigenvalue weighted by molar-refractivity contribution is -0.115. The van der Waals surface area contributed by atoms with Crippen molar-refractivity contribution < 1.29 is 14.1 Å². The van der Waals surface area contributed by atoms with Gasteiger partial charge >= 0.3 is 0 Å². The summed E-state index contributed by atoms with van der Waals surface area (Å²) in [5, 5.41) is 6.68.